The van der Waals surface area contributed by atoms with E-state index in [1.807, 2.05) is 17.0 Å². The second-order valence-corrected chi connectivity index (χ2v) is 9.39. The number of anilines is 3. The quantitative estimate of drug-likeness (QED) is 0.200. The van der Waals surface area contributed by atoms with E-state index in [-0.39, 0.29) is 11.8 Å². The molecule has 1 aromatic heterocycles. The summed E-state index contributed by atoms with van der Waals surface area (Å²) in [4.78, 5) is 12.4. The van der Waals surface area contributed by atoms with Gasteiger partial charge in [0.05, 0.1) is 25.6 Å². The number of hydrogen-bond acceptors (Lipinski definition) is 8. The second-order valence-electron chi connectivity index (χ2n) is 8.14. The van der Waals surface area contributed by atoms with Gasteiger partial charge in [-0.15, -0.1) is 0 Å². The van der Waals surface area contributed by atoms with Gasteiger partial charge in [0.2, 0.25) is 5.95 Å². The van der Waals surface area contributed by atoms with Gasteiger partial charge in [-0.3, -0.25) is 0 Å². The van der Waals surface area contributed by atoms with Crippen molar-refractivity contribution in [3.63, 3.8) is 0 Å². The molecule has 2 heterocycles. The van der Waals surface area contributed by atoms with Crippen molar-refractivity contribution in [1.29, 1.82) is 0 Å². The molecule has 3 aromatic rings. The smallest absolute Gasteiger partial charge is 0.245 e. The molecule has 0 unspecified atom stereocenters. The fourth-order valence-corrected chi connectivity index (χ4v) is 4.21. The standard InChI is InChI=1S/C26H30FIN6O2/c1-3-33(4-2)22-10-7-20(24(15-22)36-18-19-5-8-21(28)9-6-19)16-30-32-26-29-17-23(27)25(31-26)34-11-13-35-14-12-34/h5-10,15-17H,3-4,11-14,18H2,1-2H3,(H,29,31,32)/b30-16+. The van der Waals surface area contributed by atoms with Crippen LogP contribution in [0.2, 0.25) is 0 Å². The zero-order valence-corrected chi connectivity index (χ0v) is 22.6. The van der Waals surface area contributed by atoms with Crippen LogP contribution in [0.1, 0.15) is 25.0 Å². The van der Waals surface area contributed by atoms with Crippen molar-refractivity contribution in [2.24, 2.45) is 5.10 Å². The molecule has 0 aliphatic carbocycles. The maximum atomic E-state index is 14.3. The third-order valence-electron chi connectivity index (χ3n) is 5.84. The topological polar surface area (TPSA) is 75.1 Å². The van der Waals surface area contributed by atoms with Crippen LogP contribution in [0.25, 0.3) is 0 Å². The van der Waals surface area contributed by atoms with E-state index in [1.165, 1.54) is 3.57 Å². The summed E-state index contributed by atoms with van der Waals surface area (Å²) in [6.07, 6.45) is 2.82. The maximum absolute atomic E-state index is 14.3. The van der Waals surface area contributed by atoms with E-state index in [1.54, 1.807) is 6.21 Å². The number of hydrogen-bond donors (Lipinski definition) is 1. The third-order valence-corrected chi connectivity index (χ3v) is 6.56. The van der Waals surface area contributed by atoms with Gasteiger partial charge in [0.15, 0.2) is 11.6 Å². The first-order valence-electron chi connectivity index (χ1n) is 12.0. The Bertz CT molecular complexity index is 1170. The molecule has 1 N–H and O–H groups in total. The maximum Gasteiger partial charge on any atom is 0.245 e. The highest BCUT2D eigenvalue weighted by Crippen LogP contribution is 2.26. The minimum absolute atomic E-state index is 0.218. The molecule has 1 fully saturated rings. The van der Waals surface area contributed by atoms with Crippen LogP contribution in [0.3, 0.4) is 0 Å². The van der Waals surface area contributed by atoms with Crippen LogP contribution in [-0.2, 0) is 11.3 Å². The first-order chi connectivity index (χ1) is 17.6. The van der Waals surface area contributed by atoms with Gasteiger partial charge in [-0.25, -0.2) is 14.8 Å². The summed E-state index contributed by atoms with van der Waals surface area (Å²) in [6, 6.07) is 14.3. The van der Waals surface area contributed by atoms with Gasteiger partial charge in [0.25, 0.3) is 0 Å². The second kappa shape index (κ2) is 12.8. The summed E-state index contributed by atoms with van der Waals surface area (Å²) in [5.74, 6) is 0.716. The molecular formula is C26H30FIN6O2. The van der Waals surface area contributed by atoms with Crippen molar-refractivity contribution in [2.45, 2.75) is 20.5 Å². The van der Waals surface area contributed by atoms with Crippen LogP contribution in [0, 0.1) is 9.39 Å². The Morgan fingerprint density at radius 2 is 1.92 bits per heavy atom. The summed E-state index contributed by atoms with van der Waals surface area (Å²) >= 11 is 2.29. The predicted octanol–water partition coefficient (Wildman–Crippen LogP) is 4.93. The molecule has 2 aromatic carbocycles. The number of benzene rings is 2. The number of ether oxygens (including phenoxy) is 2. The highest BCUT2D eigenvalue weighted by atomic mass is 127. The van der Waals surface area contributed by atoms with Crippen LogP contribution in [0.5, 0.6) is 5.75 Å². The molecule has 0 radical (unpaired) electrons. The average Bonchev–Trinajstić information content (AvgIpc) is 2.91. The number of aromatic nitrogens is 2. The molecule has 0 amide bonds. The van der Waals surface area contributed by atoms with E-state index in [2.05, 4.69) is 92.2 Å². The summed E-state index contributed by atoms with van der Waals surface area (Å²) < 4.78 is 27.0. The lowest BCUT2D eigenvalue weighted by Crippen LogP contribution is -2.37. The summed E-state index contributed by atoms with van der Waals surface area (Å²) in [6.45, 7) is 8.73. The lowest BCUT2D eigenvalue weighted by atomic mass is 10.1. The molecule has 1 saturated heterocycles. The number of nitrogens with one attached hydrogen (secondary N) is 1. The summed E-state index contributed by atoms with van der Waals surface area (Å²) in [5, 5.41) is 4.31. The minimum Gasteiger partial charge on any atom is -0.488 e. The van der Waals surface area contributed by atoms with Gasteiger partial charge >= 0.3 is 0 Å². The molecule has 0 saturated carbocycles. The molecule has 1 aliphatic rings. The Labute approximate surface area is 224 Å². The molecule has 1 aliphatic heterocycles. The van der Waals surface area contributed by atoms with E-state index in [0.717, 1.165) is 41.9 Å². The highest BCUT2D eigenvalue weighted by Gasteiger charge is 2.17. The van der Waals surface area contributed by atoms with Gasteiger partial charge in [-0.05, 0) is 66.3 Å². The number of nitrogens with zero attached hydrogens (tertiary/aromatic N) is 5. The molecule has 0 bridgehead atoms. The molecule has 8 nitrogen and oxygen atoms in total. The van der Waals surface area contributed by atoms with Crippen LogP contribution < -0.4 is 20.0 Å². The fraction of sp³-hybridized carbons (Fsp3) is 0.346. The Morgan fingerprint density at radius 1 is 1.17 bits per heavy atom. The van der Waals surface area contributed by atoms with E-state index in [9.17, 15) is 4.39 Å². The minimum atomic E-state index is -0.468. The van der Waals surface area contributed by atoms with Crippen LogP contribution in [0.4, 0.5) is 21.8 Å². The molecule has 10 heteroatoms. The van der Waals surface area contributed by atoms with Crippen molar-refractivity contribution in [2.75, 3.05) is 54.6 Å². The SMILES string of the molecule is CCN(CC)c1ccc(/C=N/Nc2ncc(F)c(N3CCOCC3)n2)c(OCc2ccc(I)cc2)c1. The Hall–Kier alpha value is -2.99. The lowest BCUT2D eigenvalue weighted by molar-refractivity contribution is 0.122. The largest absolute Gasteiger partial charge is 0.488 e. The van der Waals surface area contributed by atoms with Crippen molar-refractivity contribution < 1.29 is 13.9 Å². The van der Waals surface area contributed by atoms with Gasteiger partial charge < -0.3 is 19.3 Å². The number of halogens is 2. The Kier molecular flexibility index (Phi) is 9.29. The van der Waals surface area contributed by atoms with Crippen molar-refractivity contribution in [3.05, 3.63) is 69.2 Å². The third kappa shape index (κ3) is 6.82. The monoisotopic (exact) mass is 604 g/mol. The molecule has 0 spiro atoms. The van der Waals surface area contributed by atoms with Gasteiger partial charge in [0.1, 0.15) is 12.4 Å². The highest BCUT2D eigenvalue weighted by molar-refractivity contribution is 14.1. The van der Waals surface area contributed by atoms with Crippen molar-refractivity contribution >= 4 is 46.3 Å². The molecule has 190 valence electrons. The van der Waals surface area contributed by atoms with Crippen LogP contribution in [-0.4, -0.2) is 55.6 Å². The van der Waals surface area contributed by atoms with E-state index < -0.39 is 5.82 Å². The Balaban J connectivity index is 1.51. The summed E-state index contributed by atoms with van der Waals surface area (Å²) in [7, 11) is 0. The predicted molar refractivity (Wildman–Crippen MR) is 150 cm³/mol. The zero-order chi connectivity index (χ0) is 25.3. The number of morpholine rings is 1. The first-order valence-corrected chi connectivity index (χ1v) is 13.1. The van der Waals surface area contributed by atoms with Crippen molar-refractivity contribution in [3.8, 4) is 5.75 Å². The van der Waals surface area contributed by atoms with Gasteiger partial charge in [0, 0.05) is 47.1 Å². The molecule has 36 heavy (non-hydrogen) atoms. The molecular weight excluding hydrogens is 574 g/mol. The van der Waals surface area contributed by atoms with E-state index in [0.29, 0.717) is 32.9 Å². The van der Waals surface area contributed by atoms with Gasteiger partial charge in [-0.1, -0.05) is 12.1 Å². The number of hydrazone groups is 1. The average molecular weight is 604 g/mol. The fourth-order valence-electron chi connectivity index (χ4n) is 3.85. The van der Waals surface area contributed by atoms with Crippen LogP contribution >= 0.6 is 22.6 Å². The molecule has 0 atom stereocenters. The van der Waals surface area contributed by atoms with Gasteiger partial charge in [-0.2, -0.15) is 10.1 Å². The Morgan fingerprint density at radius 3 is 2.64 bits per heavy atom. The lowest BCUT2D eigenvalue weighted by Gasteiger charge is -2.27. The number of rotatable bonds is 10. The molecule has 4 rings (SSSR count). The zero-order valence-electron chi connectivity index (χ0n) is 20.5. The summed E-state index contributed by atoms with van der Waals surface area (Å²) in [5.41, 5.74) is 5.79. The van der Waals surface area contributed by atoms with E-state index >= 15 is 0 Å². The first kappa shape index (κ1) is 26.1. The van der Waals surface area contributed by atoms with E-state index in [4.69, 9.17) is 9.47 Å². The van der Waals surface area contributed by atoms with Crippen LogP contribution in [0.15, 0.2) is 53.8 Å². The normalized spacial score (nSPS) is 13.7. The van der Waals surface area contributed by atoms with Crippen molar-refractivity contribution in [1.82, 2.24) is 9.97 Å².